The summed E-state index contributed by atoms with van der Waals surface area (Å²) in [6.07, 6.45) is 2.37. The molecule has 18 aromatic rings. The van der Waals surface area contributed by atoms with Crippen molar-refractivity contribution in [3.63, 3.8) is 0 Å². The van der Waals surface area contributed by atoms with E-state index >= 15 is 0 Å². The van der Waals surface area contributed by atoms with Gasteiger partial charge in [0.15, 0.2) is 17.5 Å². The Kier molecular flexibility index (Phi) is 25.1. The Hall–Kier alpha value is -11.5. The predicted molar refractivity (Wildman–Crippen MR) is 522 cm³/mol. The maximum Gasteiger partial charge on any atom is 0.435 e. The normalized spacial score (nSPS) is 12.5. The lowest BCUT2D eigenvalue weighted by Crippen LogP contribution is -2.27. The number of amidine groups is 2. The first-order valence-corrected chi connectivity index (χ1v) is 46.6. The van der Waals surface area contributed by atoms with Gasteiger partial charge in [-0.25, -0.2) is 34.7 Å². The van der Waals surface area contributed by atoms with Crippen molar-refractivity contribution in [2.24, 2.45) is 36.5 Å². The molecule has 31 heteroatoms. The third-order valence-corrected chi connectivity index (χ3v) is 27.9. The lowest BCUT2D eigenvalue weighted by atomic mass is 9.92. The van der Waals surface area contributed by atoms with E-state index < -0.39 is 11.7 Å². The summed E-state index contributed by atoms with van der Waals surface area (Å²) in [5.41, 5.74) is 22.4. The first kappa shape index (κ1) is 88.4. The highest BCUT2D eigenvalue weighted by Gasteiger charge is 2.30. The molecule has 1 aromatic carbocycles. The number of rotatable bonds is 10. The number of hydrogen-bond donors (Lipinski definition) is 5. The molecule has 5 N–H and O–H groups in total. The van der Waals surface area contributed by atoms with Gasteiger partial charge in [-0.15, -0.1) is 68.0 Å². The molecule has 2 aliphatic rings. The maximum atomic E-state index is 12.5. The van der Waals surface area contributed by atoms with Gasteiger partial charge in [-0.05, 0) is 224 Å². The number of carbonyl (C=O) groups excluding carboxylic acids is 2. The van der Waals surface area contributed by atoms with E-state index in [1.54, 1.807) is 74.3 Å². The number of carbonyl (C=O) groups is 2. The topological polar surface area (TPSA) is 290 Å². The zero-order chi connectivity index (χ0) is 89.3. The van der Waals surface area contributed by atoms with E-state index in [0.29, 0.717) is 30.4 Å². The lowest BCUT2D eigenvalue weighted by molar-refractivity contribution is -0.117. The van der Waals surface area contributed by atoms with Gasteiger partial charge in [0, 0.05) is 125 Å². The molecule has 0 saturated carbocycles. The third-order valence-electron chi connectivity index (χ3n) is 21.2. The van der Waals surface area contributed by atoms with E-state index in [4.69, 9.17) is 14.1 Å². The minimum atomic E-state index is -0.557. The Balaban J connectivity index is 0.000000116. The number of thiophene rings is 6. The molecule has 125 heavy (non-hydrogen) atoms. The van der Waals surface area contributed by atoms with Crippen LogP contribution in [0.2, 0.25) is 0 Å². The molecule has 0 saturated heterocycles. The number of fused-ring (bicyclic) bond motifs is 18. The van der Waals surface area contributed by atoms with Crippen molar-refractivity contribution in [2.75, 3.05) is 22.5 Å². The predicted octanol–water partition coefficient (Wildman–Crippen LogP) is 22.9. The van der Waals surface area contributed by atoms with Crippen molar-refractivity contribution in [3.05, 3.63) is 191 Å². The number of amides is 1. The summed E-state index contributed by atoms with van der Waals surface area (Å²) >= 11 is 10.1. The summed E-state index contributed by atoms with van der Waals surface area (Å²) in [6, 6.07) is 27.3. The molecule has 0 spiro atoms. The second kappa shape index (κ2) is 35.5. The summed E-state index contributed by atoms with van der Waals surface area (Å²) < 4.78 is 22.6. The van der Waals surface area contributed by atoms with Gasteiger partial charge in [-0.1, -0.05) is 51.1 Å². The quantitative estimate of drug-likeness (QED) is 0.0850. The van der Waals surface area contributed by atoms with E-state index in [0.717, 1.165) is 160 Å². The van der Waals surface area contributed by atoms with Gasteiger partial charge in [0.25, 0.3) is 0 Å². The van der Waals surface area contributed by atoms with Gasteiger partial charge in [0.2, 0.25) is 5.91 Å². The average molecular weight is 1790 g/mol. The van der Waals surface area contributed by atoms with Crippen molar-refractivity contribution in [1.82, 2.24) is 79.7 Å². The summed E-state index contributed by atoms with van der Waals surface area (Å²) in [5, 5.41) is 42.0. The highest BCUT2D eigenvalue weighted by Crippen LogP contribution is 2.45. The van der Waals surface area contributed by atoms with Crippen molar-refractivity contribution >= 4 is 211 Å². The van der Waals surface area contributed by atoms with Crippen LogP contribution in [0.15, 0.2) is 99.5 Å². The molecule has 25 nitrogen and oxygen atoms in total. The van der Waals surface area contributed by atoms with Gasteiger partial charge in [-0.2, -0.15) is 25.1 Å². The van der Waals surface area contributed by atoms with Crippen molar-refractivity contribution in [3.8, 4) is 0 Å². The fourth-order valence-corrected chi connectivity index (χ4v) is 23.7. The van der Waals surface area contributed by atoms with Crippen LogP contribution < -0.4 is 26.6 Å². The molecule has 0 bridgehead atoms. The first-order chi connectivity index (χ1) is 59.3. The highest BCUT2D eigenvalue weighted by molar-refractivity contribution is 7.27. The SMILES string of the molecule is CC(=O)NC1=NCc2c1sc1nc(C)cc(C)c21.Cc1cc(C)c2c(n1)sc1c(C)nn(C(=O)OC(C)(C)C)c12.Cc1cc(C)c2c(n1)sc1c(NC(C)C)nn(C)c12.Cc1cc(C)c2c(n1)sc1c(NCc3ccccc3)nn(C)c12.Cc1cc(C)c2c(n1)sc1c(NCc3ccco3)nn(C)c12.Cc1cc(C)c2c3c(sc2n1)C(NCCC(C)(C)C)=NC3. The molecule has 2 aliphatic heterocycles. The molecule has 0 atom stereocenters. The van der Waals surface area contributed by atoms with Crippen LogP contribution in [-0.4, -0.2) is 111 Å². The Morgan fingerprint density at radius 1 is 0.464 bits per heavy atom. The monoisotopic (exact) mass is 1790 g/mol. The minimum absolute atomic E-state index is 0.0834. The smallest absolute Gasteiger partial charge is 0.435 e. The van der Waals surface area contributed by atoms with E-state index in [9.17, 15) is 9.59 Å². The molecule has 1 amide bonds. The first-order valence-electron chi connectivity index (χ1n) is 41.7. The zero-order valence-corrected chi connectivity index (χ0v) is 80.5. The minimum Gasteiger partial charge on any atom is -0.467 e. The molecule has 0 radical (unpaired) electrons. The van der Waals surface area contributed by atoms with Crippen LogP contribution in [0.25, 0.3) is 102 Å². The number of aryl methyl sites for hydroxylation is 16. The molecular weight excluding hydrogens is 1680 g/mol. The number of nitrogens with zero attached hydrogens (tertiary/aromatic N) is 16. The van der Waals surface area contributed by atoms with E-state index in [1.807, 2.05) is 129 Å². The molecule has 19 heterocycles. The summed E-state index contributed by atoms with van der Waals surface area (Å²) in [6.45, 7) is 48.7. The number of anilines is 3. The summed E-state index contributed by atoms with van der Waals surface area (Å²) in [4.78, 5) is 69.3. The number of nitrogens with one attached hydrogen (secondary N) is 5. The number of aromatic nitrogens is 14. The Morgan fingerprint density at radius 2 is 0.856 bits per heavy atom. The molecular formula is C94H107N21O4S6. The maximum absolute atomic E-state index is 12.5. The van der Waals surface area contributed by atoms with E-state index in [-0.39, 0.29) is 5.91 Å². The lowest BCUT2D eigenvalue weighted by Gasteiger charge is -2.19. The van der Waals surface area contributed by atoms with Crippen molar-refractivity contribution in [2.45, 2.75) is 197 Å². The van der Waals surface area contributed by atoms with Gasteiger partial charge >= 0.3 is 6.09 Å². The van der Waals surface area contributed by atoms with Crippen LogP contribution in [0, 0.1) is 95.4 Å². The second-order valence-corrected chi connectivity index (χ2v) is 40.7. The van der Waals surface area contributed by atoms with Crippen LogP contribution in [0.4, 0.5) is 22.2 Å². The summed E-state index contributed by atoms with van der Waals surface area (Å²) in [5.74, 6) is 5.35. The Labute approximate surface area is 750 Å². The standard InChI is InChI=1S/C18H18N4S.C17H23N3S.C16H16N4OS.C16H19N3O2S.C14H18N4S.C13H13N3OS/c1-11-9-12(2)20-18-14(11)15-16(23-18)17(21-22(15)3)19-10-13-7-5-4-6-8-13;1-10-8-11(2)20-16-13(10)12-9-19-15(14(12)21-16)18-7-6-17(3,4)5;1-9-7-10(2)18-16-12(9)13-14(22-16)15(19-20(13)3)17-8-11-5-4-6-21-11;1-8-7-9(2)17-14-11(8)12-13(22-14)10(3)18-19(12)15(20)21-16(4,5)6;1-7(2)15-13-12-11(18(5)17-13)10-8(3)6-9(4)16-14(10)19-12;1-6-4-7(2)15-13-10(6)9-5-14-12(11(9)18-13)16-8(3)17/h4-9H,10H2,1-3H3,(H,19,21);8H,6-7,9H2,1-5H3,(H,18,19);4-7H,8H2,1-3H3,(H,17,19);7H,1-6H3;6-7H,1-5H3,(H,15,17);4H,5H2,1-3H3,(H,14,16,17). The largest absolute Gasteiger partial charge is 0.467 e. The van der Waals surface area contributed by atoms with Gasteiger partial charge < -0.3 is 35.7 Å². The zero-order valence-electron chi connectivity index (χ0n) is 75.6. The van der Waals surface area contributed by atoms with Gasteiger partial charge in [-0.3, -0.25) is 28.8 Å². The van der Waals surface area contributed by atoms with Crippen LogP contribution in [-0.2, 0) is 56.9 Å². The van der Waals surface area contributed by atoms with Gasteiger partial charge in [0.1, 0.15) is 57.5 Å². The molecule has 0 unspecified atom stereocenters. The third kappa shape index (κ3) is 18.6. The highest BCUT2D eigenvalue weighted by atomic mass is 32.1. The fraction of sp³-hybridized carbons (Fsp3) is 0.362. The summed E-state index contributed by atoms with van der Waals surface area (Å²) in [7, 11) is 5.98. The number of pyridine rings is 6. The molecule has 648 valence electrons. The van der Waals surface area contributed by atoms with E-state index in [2.05, 4.69) is 213 Å². The molecule has 0 fully saturated rings. The Morgan fingerprint density at radius 3 is 1.27 bits per heavy atom. The number of hydrogen-bond acceptors (Lipinski definition) is 26. The van der Waals surface area contributed by atoms with Crippen LogP contribution in [0.5, 0.6) is 0 Å². The number of furan rings is 1. The number of ether oxygens (including phenoxy) is 1. The molecule has 0 aliphatic carbocycles. The Bertz CT molecular complexity index is 7260. The fourth-order valence-electron chi connectivity index (χ4n) is 16.1. The second-order valence-electron chi connectivity index (χ2n) is 34.7. The molecule has 17 aromatic heterocycles. The number of benzene rings is 1. The van der Waals surface area contributed by atoms with E-state index in [1.165, 1.54) is 108 Å². The molecule has 20 rings (SSSR count). The van der Waals surface area contributed by atoms with Crippen molar-refractivity contribution < 1.29 is 18.7 Å². The van der Waals surface area contributed by atoms with Crippen LogP contribution >= 0.6 is 68.0 Å². The van der Waals surface area contributed by atoms with Crippen LogP contribution in [0.1, 0.15) is 174 Å². The van der Waals surface area contributed by atoms with Gasteiger partial charge in [0.05, 0.1) is 76.7 Å². The van der Waals surface area contributed by atoms with Crippen molar-refractivity contribution in [1.29, 1.82) is 0 Å². The average Bonchev–Trinajstić information content (AvgIpc) is 1.60. The van der Waals surface area contributed by atoms with Crippen LogP contribution in [0.3, 0.4) is 0 Å². The number of aliphatic imine (C=N–C) groups is 2.